The number of rotatable bonds is 1. The summed E-state index contributed by atoms with van der Waals surface area (Å²) >= 11 is 0. The van der Waals surface area contributed by atoms with E-state index < -0.39 is 7.59 Å². The van der Waals surface area contributed by atoms with Gasteiger partial charge in [0.1, 0.15) is 0 Å². The molecule has 44 valence electrons. The highest BCUT2D eigenvalue weighted by Gasteiger charge is 2.08. The Labute approximate surface area is 43.0 Å². The van der Waals surface area contributed by atoms with Crippen LogP contribution in [0.25, 0.3) is 0 Å². The second-order valence-corrected chi connectivity index (χ2v) is 3.66. The molecule has 0 rings (SSSR count). The van der Waals surface area contributed by atoms with Crippen molar-refractivity contribution in [1.82, 2.24) is 4.67 Å². The van der Waals surface area contributed by atoms with Gasteiger partial charge in [0.05, 0.1) is 0 Å². The molecule has 5 heteroatoms. The van der Waals surface area contributed by atoms with E-state index >= 15 is 0 Å². The van der Waals surface area contributed by atoms with E-state index in [2.05, 4.69) is 0 Å². The van der Waals surface area contributed by atoms with Gasteiger partial charge in [-0.25, -0.2) is 4.67 Å². The Balaban J connectivity index is 3.80. The molecule has 4 nitrogen and oxygen atoms in total. The van der Waals surface area contributed by atoms with Crippen molar-refractivity contribution in [3.05, 3.63) is 0 Å². The smallest absolute Gasteiger partial charge is 0.271 e. The van der Waals surface area contributed by atoms with Gasteiger partial charge in [-0.05, 0) is 14.1 Å². The molecule has 0 unspecified atom stereocenters. The van der Waals surface area contributed by atoms with Crippen LogP contribution in [0.5, 0.6) is 0 Å². The molecule has 0 saturated heterocycles. The largest absolute Gasteiger partial charge is 0.275 e. The first kappa shape index (κ1) is 7.11. The van der Waals surface area contributed by atoms with Crippen LogP contribution in [-0.4, -0.2) is 18.8 Å². The quantitative estimate of drug-likeness (QED) is 0.464. The van der Waals surface area contributed by atoms with Crippen molar-refractivity contribution in [2.75, 3.05) is 14.1 Å². The Morgan fingerprint density at radius 3 is 1.57 bits per heavy atom. The zero-order valence-electron chi connectivity index (χ0n) is 4.46. The van der Waals surface area contributed by atoms with E-state index in [-0.39, 0.29) is 0 Å². The third-order valence-electron chi connectivity index (χ3n) is 0.625. The molecule has 0 aliphatic rings. The summed E-state index contributed by atoms with van der Waals surface area (Å²) < 4.78 is 11.7. The number of hydrogen-bond acceptors (Lipinski definition) is 1. The highest BCUT2D eigenvalue weighted by atomic mass is 31.2. The van der Waals surface area contributed by atoms with Gasteiger partial charge in [0, 0.05) is 0 Å². The van der Waals surface area contributed by atoms with Crippen LogP contribution >= 0.6 is 7.59 Å². The first-order valence-corrected chi connectivity index (χ1v) is 3.59. The summed E-state index contributed by atoms with van der Waals surface area (Å²) in [6.45, 7) is 0. The average molecular weight is 123 g/mol. The minimum atomic E-state index is -2.90. The van der Waals surface area contributed by atoms with E-state index in [1.165, 1.54) is 4.67 Å². The summed E-state index contributed by atoms with van der Waals surface area (Å²) in [6.07, 6.45) is 0. The molecule has 0 amide bonds. The van der Waals surface area contributed by atoms with E-state index in [0.29, 0.717) is 0 Å². The fourth-order valence-corrected chi connectivity index (χ4v) is 0. The molecule has 0 aromatic rings. The van der Waals surface area contributed by atoms with Gasteiger partial charge in [0.25, 0.3) is 7.59 Å². The van der Waals surface area contributed by atoms with Crippen molar-refractivity contribution < 1.29 is 4.57 Å². The number of hydrogen-bond donors (Lipinski definition) is 2. The van der Waals surface area contributed by atoms with Crippen molar-refractivity contribution in [1.29, 1.82) is 0 Å². The van der Waals surface area contributed by atoms with Gasteiger partial charge in [-0.2, -0.15) is 0 Å². The predicted molar refractivity (Wildman–Crippen MR) is 29.7 cm³/mol. The van der Waals surface area contributed by atoms with Gasteiger partial charge in [0.2, 0.25) is 0 Å². The Hall–Kier alpha value is 0.110. The first-order chi connectivity index (χ1) is 2.94. The highest BCUT2D eigenvalue weighted by molar-refractivity contribution is 7.56. The lowest BCUT2D eigenvalue weighted by Gasteiger charge is -2.12. The van der Waals surface area contributed by atoms with Crippen molar-refractivity contribution in [2.24, 2.45) is 11.0 Å². The van der Waals surface area contributed by atoms with Gasteiger partial charge in [0.15, 0.2) is 0 Å². The molecule has 0 fully saturated rings. The van der Waals surface area contributed by atoms with Crippen molar-refractivity contribution in [3.8, 4) is 0 Å². The first-order valence-electron chi connectivity index (χ1n) is 1.79. The van der Waals surface area contributed by atoms with Crippen LogP contribution in [0.2, 0.25) is 0 Å². The molecule has 0 heterocycles. The number of nitrogens with two attached hydrogens (primary N) is 2. The molecular weight excluding hydrogens is 113 g/mol. The summed E-state index contributed by atoms with van der Waals surface area (Å²) in [5, 5.41) is 0. The predicted octanol–water partition coefficient (Wildman–Crippen LogP) is -0.426. The molecule has 0 atom stereocenters. The third kappa shape index (κ3) is 2.76. The fraction of sp³-hybridized carbons (Fsp3) is 1.00. The van der Waals surface area contributed by atoms with Crippen molar-refractivity contribution in [3.63, 3.8) is 0 Å². The molecule has 0 aromatic heterocycles. The van der Waals surface area contributed by atoms with Crippen molar-refractivity contribution in [2.45, 2.75) is 0 Å². The second-order valence-electron chi connectivity index (χ2n) is 1.52. The fourth-order valence-electron chi connectivity index (χ4n) is 0. The van der Waals surface area contributed by atoms with Crippen LogP contribution < -0.4 is 11.0 Å². The Morgan fingerprint density at radius 2 is 1.57 bits per heavy atom. The zero-order chi connectivity index (χ0) is 6.08. The standard InChI is InChI=1S/C2H10N3OP/c1-5(2)7(3,4)6/h1-2H3,(H4,3,4,6). The molecule has 0 aromatic carbocycles. The molecular formula is C2H10N3OP. The number of nitrogens with zero attached hydrogens (tertiary/aromatic N) is 1. The van der Waals surface area contributed by atoms with Crippen LogP contribution in [-0.2, 0) is 4.57 Å². The molecule has 0 spiro atoms. The molecule has 7 heavy (non-hydrogen) atoms. The zero-order valence-corrected chi connectivity index (χ0v) is 5.35. The highest BCUT2D eigenvalue weighted by Crippen LogP contribution is 2.25. The summed E-state index contributed by atoms with van der Waals surface area (Å²) in [6, 6.07) is 0. The molecule has 0 bridgehead atoms. The van der Waals surface area contributed by atoms with Gasteiger partial charge in [-0.1, -0.05) is 0 Å². The second kappa shape index (κ2) is 1.92. The van der Waals surface area contributed by atoms with Crippen LogP contribution in [0.3, 0.4) is 0 Å². The maximum Gasteiger partial charge on any atom is 0.275 e. The maximum atomic E-state index is 10.4. The minimum absolute atomic E-state index is 1.30. The Kier molecular flexibility index (Phi) is 1.95. The molecule has 0 saturated carbocycles. The van der Waals surface area contributed by atoms with E-state index in [4.69, 9.17) is 11.0 Å². The topological polar surface area (TPSA) is 72.3 Å². The van der Waals surface area contributed by atoms with Gasteiger partial charge in [-0.15, -0.1) is 0 Å². The average Bonchev–Trinajstić information content (AvgIpc) is 1.31. The summed E-state index contributed by atoms with van der Waals surface area (Å²) in [5.74, 6) is 0. The molecule has 0 radical (unpaired) electrons. The van der Waals surface area contributed by atoms with Gasteiger partial charge in [-0.3, -0.25) is 15.6 Å². The summed E-state index contributed by atoms with van der Waals surface area (Å²) in [5.41, 5.74) is 9.88. The normalized spacial score (nSPS) is 12.7. The van der Waals surface area contributed by atoms with E-state index in [9.17, 15) is 4.57 Å². The molecule has 0 aliphatic heterocycles. The molecule has 4 N–H and O–H groups in total. The van der Waals surface area contributed by atoms with Crippen LogP contribution in [0.15, 0.2) is 0 Å². The Bertz CT molecular complexity index is 95.1. The maximum absolute atomic E-state index is 10.4. The van der Waals surface area contributed by atoms with E-state index in [1.54, 1.807) is 14.1 Å². The van der Waals surface area contributed by atoms with Crippen LogP contribution in [0.4, 0.5) is 0 Å². The van der Waals surface area contributed by atoms with E-state index in [0.717, 1.165) is 0 Å². The Morgan fingerprint density at radius 1 is 1.43 bits per heavy atom. The van der Waals surface area contributed by atoms with Crippen LogP contribution in [0.1, 0.15) is 0 Å². The summed E-state index contributed by atoms with van der Waals surface area (Å²) in [7, 11) is 0.236. The lowest BCUT2D eigenvalue weighted by molar-refractivity contribution is 0.517. The van der Waals surface area contributed by atoms with Crippen LogP contribution in [0, 0.1) is 0 Å². The van der Waals surface area contributed by atoms with Crippen molar-refractivity contribution >= 4 is 7.59 Å². The van der Waals surface area contributed by atoms with Gasteiger partial charge >= 0.3 is 0 Å². The monoisotopic (exact) mass is 123 g/mol. The van der Waals surface area contributed by atoms with Gasteiger partial charge < -0.3 is 0 Å². The lowest BCUT2D eigenvalue weighted by Crippen LogP contribution is -2.20. The third-order valence-corrected chi connectivity index (χ3v) is 1.88. The lowest BCUT2D eigenvalue weighted by atomic mass is 11.3. The molecule has 0 aliphatic carbocycles. The SMILES string of the molecule is CN(C)P(N)(N)=O. The summed E-state index contributed by atoms with van der Waals surface area (Å²) in [4.78, 5) is 0. The van der Waals surface area contributed by atoms with E-state index in [1.807, 2.05) is 0 Å². The minimum Gasteiger partial charge on any atom is -0.271 e.